The topological polar surface area (TPSA) is 15.8 Å². The SMILES string of the molecule is C1=C[C@H]2C[C@@H]1[C@@H]1c3[nH]c4ccccc4c3[C@@H](c3ccccc3)[C@@H]12. The zero-order chi connectivity index (χ0) is 15.0. The van der Waals surface area contributed by atoms with Crippen molar-refractivity contribution < 1.29 is 0 Å². The van der Waals surface area contributed by atoms with Crippen molar-refractivity contribution in [1.29, 1.82) is 0 Å². The van der Waals surface area contributed by atoms with Crippen LogP contribution in [0.15, 0.2) is 66.7 Å². The lowest BCUT2D eigenvalue weighted by Crippen LogP contribution is -2.18. The number of H-pyrrole nitrogens is 1. The molecule has 23 heavy (non-hydrogen) atoms. The van der Waals surface area contributed by atoms with E-state index in [1.54, 1.807) is 5.56 Å². The highest BCUT2D eigenvalue weighted by molar-refractivity contribution is 5.87. The van der Waals surface area contributed by atoms with Gasteiger partial charge in [-0.2, -0.15) is 0 Å². The Labute approximate surface area is 136 Å². The number of aromatic nitrogens is 1. The molecule has 0 amide bonds. The van der Waals surface area contributed by atoms with E-state index in [1.807, 2.05) is 0 Å². The Kier molecular flexibility index (Phi) is 2.21. The molecule has 1 saturated carbocycles. The highest BCUT2D eigenvalue weighted by Gasteiger charge is 2.55. The number of hydrogen-bond acceptors (Lipinski definition) is 0. The molecule has 1 heteroatoms. The Balaban J connectivity index is 1.66. The largest absolute Gasteiger partial charge is 0.358 e. The van der Waals surface area contributed by atoms with Crippen LogP contribution < -0.4 is 0 Å². The first-order valence-electron chi connectivity index (χ1n) is 8.75. The van der Waals surface area contributed by atoms with Crippen LogP contribution in [0.1, 0.15) is 35.1 Å². The number of allylic oxidation sites excluding steroid dienone is 2. The first-order chi connectivity index (χ1) is 11.4. The number of para-hydroxylation sites is 1. The fraction of sp³-hybridized carbons (Fsp3) is 0.273. The van der Waals surface area contributed by atoms with Crippen LogP contribution in [0, 0.1) is 17.8 Å². The molecule has 3 aliphatic carbocycles. The summed E-state index contributed by atoms with van der Waals surface area (Å²) >= 11 is 0. The van der Waals surface area contributed by atoms with Crippen LogP contribution >= 0.6 is 0 Å². The van der Waals surface area contributed by atoms with Gasteiger partial charge in [0.25, 0.3) is 0 Å². The van der Waals surface area contributed by atoms with Crippen LogP contribution in [0.5, 0.6) is 0 Å². The zero-order valence-corrected chi connectivity index (χ0v) is 12.9. The van der Waals surface area contributed by atoms with Crippen molar-refractivity contribution in [2.75, 3.05) is 0 Å². The highest BCUT2D eigenvalue weighted by atomic mass is 14.8. The predicted molar refractivity (Wildman–Crippen MR) is 93.6 cm³/mol. The van der Waals surface area contributed by atoms with Crippen molar-refractivity contribution in [1.82, 2.24) is 4.98 Å². The Bertz CT molecular complexity index is 933. The van der Waals surface area contributed by atoms with Crippen molar-refractivity contribution >= 4 is 10.9 Å². The minimum atomic E-state index is 0.548. The number of fused-ring (bicyclic) bond motifs is 9. The van der Waals surface area contributed by atoms with E-state index in [2.05, 4.69) is 71.7 Å². The van der Waals surface area contributed by atoms with Gasteiger partial charge in [-0.25, -0.2) is 0 Å². The Morgan fingerprint density at radius 3 is 2.52 bits per heavy atom. The van der Waals surface area contributed by atoms with Crippen molar-refractivity contribution in [3.05, 3.63) is 83.6 Å². The molecule has 5 atom stereocenters. The summed E-state index contributed by atoms with van der Waals surface area (Å²) in [7, 11) is 0. The standard InChI is InChI=1S/C22H19N/c1-2-6-13(7-3-1)18-19-14-10-11-15(12-14)20(19)22-21(18)16-8-4-5-9-17(16)23-22/h1-11,14-15,18-20,23H,12H2/t14-,15+,18-,19-,20-/m0/s1. The number of hydrogen-bond donors (Lipinski definition) is 1. The fourth-order valence-electron chi connectivity index (χ4n) is 5.75. The second-order valence-corrected chi connectivity index (χ2v) is 7.44. The molecule has 1 fully saturated rings. The maximum Gasteiger partial charge on any atom is 0.0459 e. The summed E-state index contributed by atoms with van der Waals surface area (Å²) in [6.07, 6.45) is 6.33. The molecule has 2 bridgehead atoms. The molecule has 0 aliphatic heterocycles. The summed E-state index contributed by atoms with van der Waals surface area (Å²) in [6.45, 7) is 0. The van der Waals surface area contributed by atoms with Gasteiger partial charge in [0.1, 0.15) is 0 Å². The van der Waals surface area contributed by atoms with Gasteiger partial charge in [-0.3, -0.25) is 0 Å². The maximum atomic E-state index is 3.80. The van der Waals surface area contributed by atoms with Crippen LogP contribution in [-0.4, -0.2) is 4.98 Å². The van der Waals surface area contributed by atoms with Crippen LogP contribution in [0.2, 0.25) is 0 Å². The molecule has 1 heterocycles. The van der Waals surface area contributed by atoms with Gasteiger partial charge in [0, 0.05) is 28.4 Å². The third kappa shape index (κ3) is 1.43. The molecule has 6 rings (SSSR count). The van der Waals surface area contributed by atoms with Gasteiger partial charge in [-0.15, -0.1) is 0 Å². The van der Waals surface area contributed by atoms with Gasteiger partial charge >= 0.3 is 0 Å². The summed E-state index contributed by atoms with van der Waals surface area (Å²) in [5, 5.41) is 1.44. The normalized spacial score (nSPS) is 33.3. The van der Waals surface area contributed by atoms with E-state index >= 15 is 0 Å². The average Bonchev–Trinajstić information content (AvgIpc) is 3.33. The molecule has 0 spiro atoms. The number of nitrogens with one attached hydrogen (secondary N) is 1. The summed E-state index contributed by atoms with van der Waals surface area (Å²) in [6, 6.07) is 20.0. The summed E-state index contributed by atoms with van der Waals surface area (Å²) < 4.78 is 0. The third-order valence-electron chi connectivity index (χ3n) is 6.48. The van der Waals surface area contributed by atoms with E-state index in [1.165, 1.54) is 28.6 Å². The van der Waals surface area contributed by atoms with Crippen molar-refractivity contribution in [3.63, 3.8) is 0 Å². The van der Waals surface area contributed by atoms with Crippen LogP contribution in [0.3, 0.4) is 0 Å². The summed E-state index contributed by atoms with van der Waals surface area (Å²) in [5.74, 6) is 3.49. The third-order valence-corrected chi connectivity index (χ3v) is 6.48. The second kappa shape index (κ2) is 4.17. The zero-order valence-electron chi connectivity index (χ0n) is 12.9. The van der Waals surface area contributed by atoms with Crippen molar-refractivity contribution in [3.8, 4) is 0 Å². The van der Waals surface area contributed by atoms with E-state index in [-0.39, 0.29) is 0 Å². The molecule has 112 valence electrons. The molecular weight excluding hydrogens is 278 g/mol. The minimum Gasteiger partial charge on any atom is -0.358 e. The average molecular weight is 297 g/mol. The van der Waals surface area contributed by atoms with E-state index < -0.39 is 0 Å². The molecule has 3 aromatic rings. The first kappa shape index (κ1) is 12.2. The molecule has 0 unspecified atom stereocenters. The van der Waals surface area contributed by atoms with Crippen molar-refractivity contribution in [2.24, 2.45) is 17.8 Å². The van der Waals surface area contributed by atoms with Crippen LogP contribution in [0.4, 0.5) is 0 Å². The van der Waals surface area contributed by atoms with Crippen LogP contribution in [-0.2, 0) is 0 Å². The predicted octanol–water partition coefficient (Wildman–Crippen LogP) is 5.22. The monoisotopic (exact) mass is 297 g/mol. The highest BCUT2D eigenvalue weighted by Crippen LogP contribution is 2.65. The lowest BCUT2D eigenvalue weighted by molar-refractivity contribution is 0.386. The van der Waals surface area contributed by atoms with Crippen LogP contribution in [0.25, 0.3) is 10.9 Å². The fourth-order valence-corrected chi connectivity index (χ4v) is 5.75. The summed E-state index contributed by atoms with van der Waals surface area (Å²) in [5.41, 5.74) is 5.91. The van der Waals surface area contributed by atoms with Gasteiger partial charge in [-0.1, -0.05) is 60.7 Å². The summed E-state index contributed by atoms with van der Waals surface area (Å²) in [4.78, 5) is 3.80. The molecule has 1 nitrogen and oxygen atoms in total. The van der Waals surface area contributed by atoms with Gasteiger partial charge in [-0.05, 0) is 41.4 Å². The van der Waals surface area contributed by atoms with Gasteiger partial charge < -0.3 is 4.98 Å². The van der Waals surface area contributed by atoms with Crippen molar-refractivity contribution in [2.45, 2.75) is 18.3 Å². The van der Waals surface area contributed by atoms with E-state index in [4.69, 9.17) is 0 Å². The first-order valence-corrected chi connectivity index (χ1v) is 8.75. The Hall–Kier alpha value is -2.28. The molecule has 0 saturated heterocycles. The van der Waals surface area contributed by atoms with Gasteiger partial charge in [0.15, 0.2) is 0 Å². The Morgan fingerprint density at radius 1 is 0.826 bits per heavy atom. The minimum absolute atomic E-state index is 0.548. The number of rotatable bonds is 1. The quantitative estimate of drug-likeness (QED) is 0.593. The smallest absolute Gasteiger partial charge is 0.0459 e. The number of aromatic amines is 1. The van der Waals surface area contributed by atoms with Gasteiger partial charge in [0.05, 0.1) is 0 Å². The van der Waals surface area contributed by atoms with E-state index in [9.17, 15) is 0 Å². The lowest BCUT2D eigenvalue weighted by Gasteiger charge is -2.27. The molecule has 3 aliphatic rings. The molecule has 2 aromatic carbocycles. The van der Waals surface area contributed by atoms with Gasteiger partial charge in [0.2, 0.25) is 0 Å². The molecule has 0 radical (unpaired) electrons. The molecule has 1 aromatic heterocycles. The molecular formula is C22H19N. The lowest BCUT2D eigenvalue weighted by atomic mass is 9.76. The molecule has 1 N–H and O–H groups in total. The van der Waals surface area contributed by atoms with E-state index in [0.29, 0.717) is 11.8 Å². The second-order valence-electron chi connectivity index (χ2n) is 7.44. The maximum absolute atomic E-state index is 3.80. The number of benzene rings is 2. The Morgan fingerprint density at radius 2 is 1.61 bits per heavy atom. The van der Waals surface area contributed by atoms with E-state index in [0.717, 1.165) is 17.8 Å².